The van der Waals surface area contributed by atoms with Crippen molar-refractivity contribution >= 4 is 17.3 Å². The summed E-state index contributed by atoms with van der Waals surface area (Å²) in [7, 11) is 1.61. The maximum atomic E-state index is 11.7. The van der Waals surface area contributed by atoms with Gasteiger partial charge < -0.3 is 19.3 Å². The quantitative estimate of drug-likeness (QED) is 0.505. The Kier molecular flexibility index (Phi) is 6.92. The van der Waals surface area contributed by atoms with Crippen molar-refractivity contribution in [2.24, 2.45) is 0 Å². The van der Waals surface area contributed by atoms with Gasteiger partial charge in [-0.25, -0.2) is 0 Å². The number of thiophene rings is 1. The largest absolute Gasteiger partial charge is 0.497 e. The SMILES string of the molecule is COc1cccc(OCCOc2ccccc2CC(C(=O)O)c2cccs2)c1. The van der Waals surface area contributed by atoms with Crippen LogP contribution >= 0.6 is 11.3 Å². The lowest BCUT2D eigenvalue weighted by Crippen LogP contribution is -2.15. The predicted molar refractivity (Wildman–Crippen MR) is 109 cm³/mol. The second-order valence-electron chi connectivity index (χ2n) is 6.09. The third-order valence-electron chi connectivity index (χ3n) is 4.23. The zero-order valence-corrected chi connectivity index (χ0v) is 16.4. The van der Waals surface area contributed by atoms with Crippen molar-refractivity contribution < 1.29 is 24.1 Å². The van der Waals surface area contributed by atoms with Crippen LogP contribution in [-0.4, -0.2) is 31.4 Å². The molecule has 6 heteroatoms. The van der Waals surface area contributed by atoms with Gasteiger partial charge in [0.25, 0.3) is 0 Å². The molecule has 1 heterocycles. The molecule has 28 heavy (non-hydrogen) atoms. The van der Waals surface area contributed by atoms with Crippen LogP contribution in [-0.2, 0) is 11.2 Å². The fourth-order valence-electron chi connectivity index (χ4n) is 2.83. The van der Waals surface area contributed by atoms with Crippen molar-refractivity contribution in [1.82, 2.24) is 0 Å². The van der Waals surface area contributed by atoms with E-state index >= 15 is 0 Å². The number of aliphatic carboxylic acids is 1. The molecule has 0 saturated heterocycles. The molecule has 0 amide bonds. The van der Waals surface area contributed by atoms with E-state index < -0.39 is 11.9 Å². The van der Waals surface area contributed by atoms with Crippen LogP contribution in [0.4, 0.5) is 0 Å². The van der Waals surface area contributed by atoms with E-state index in [4.69, 9.17) is 14.2 Å². The maximum Gasteiger partial charge on any atom is 0.312 e. The van der Waals surface area contributed by atoms with Crippen molar-refractivity contribution in [3.63, 3.8) is 0 Å². The van der Waals surface area contributed by atoms with Crippen LogP contribution in [0.1, 0.15) is 16.4 Å². The standard InChI is InChI=1S/C22H22O5S/c1-25-17-7-4-8-18(15-17)26-11-12-27-20-9-3-2-6-16(20)14-19(22(23)24)21-10-5-13-28-21/h2-10,13,15,19H,11-12,14H2,1H3,(H,23,24). The number of ether oxygens (including phenoxy) is 3. The van der Waals surface area contributed by atoms with Gasteiger partial charge in [0, 0.05) is 10.9 Å². The minimum Gasteiger partial charge on any atom is -0.497 e. The van der Waals surface area contributed by atoms with E-state index in [1.165, 1.54) is 11.3 Å². The lowest BCUT2D eigenvalue weighted by atomic mass is 9.97. The van der Waals surface area contributed by atoms with Crippen molar-refractivity contribution in [2.45, 2.75) is 12.3 Å². The Hall–Kier alpha value is -2.99. The van der Waals surface area contributed by atoms with E-state index in [2.05, 4.69) is 0 Å². The van der Waals surface area contributed by atoms with Crippen LogP contribution in [0.15, 0.2) is 66.0 Å². The lowest BCUT2D eigenvalue weighted by molar-refractivity contribution is -0.138. The zero-order chi connectivity index (χ0) is 19.8. The Bertz CT molecular complexity index is 891. The molecule has 1 unspecified atom stereocenters. The highest BCUT2D eigenvalue weighted by atomic mass is 32.1. The Balaban J connectivity index is 1.60. The minimum atomic E-state index is -0.835. The summed E-state index contributed by atoms with van der Waals surface area (Å²) >= 11 is 1.45. The third kappa shape index (κ3) is 5.27. The number of carboxylic acids is 1. The van der Waals surface area contributed by atoms with Gasteiger partial charge in [-0.15, -0.1) is 11.3 Å². The summed E-state index contributed by atoms with van der Waals surface area (Å²) < 4.78 is 16.7. The first-order chi connectivity index (χ1) is 13.7. The molecule has 0 fully saturated rings. The average molecular weight is 398 g/mol. The minimum absolute atomic E-state index is 0.352. The summed E-state index contributed by atoms with van der Waals surface area (Å²) in [5, 5.41) is 11.5. The van der Waals surface area contributed by atoms with Gasteiger partial charge in [0.1, 0.15) is 30.5 Å². The molecule has 0 aliphatic heterocycles. The van der Waals surface area contributed by atoms with E-state index in [9.17, 15) is 9.90 Å². The number of carboxylic acid groups (broad SMARTS) is 1. The summed E-state index contributed by atoms with van der Waals surface area (Å²) in [4.78, 5) is 12.6. The molecule has 0 aliphatic carbocycles. The highest BCUT2D eigenvalue weighted by Crippen LogP contribution is 2.29. The first kappa shape index (κ1) is 19.8. The van der Waals surface area contributed by atoms with E-state index in [0.717, 1.165) is 16.2 Å². The van der Waals surface area contributed by atoms with Gasteiger partial charge in [-0.1, -0.05) is 30.3 Å². The molecule has 1 atom stereocenters. The monoisotopic (exact) mass is 398 g/mol. The van der Waals surface area contributed by atoms with Gasteiger partial charge in [0.15, 0.2) is 0 Å². The Labute approximate surface area is 168 Å². The van der Waals surface area contributed by atoms with Crippen molar-refractivity contribution in [2.75, 3.05) is 20.3 Å². The van der Waals surface area contributed by atoms with Gasteiger partial charge in [0.05, 0.1) is 13.0 Å². The molecule has 0 spiro atoms. The zero-order valence-electron chi connectivity index (χ0n) is 15.5. The smallest absolute Gasteiger partial charge is 0.312 e. The number of benzene rings is 2. The van der Waals surface area contributed by atoms with E-state index in [0.29, 0.717) is 31.1 Å². The second kappa shape index (κ2) is 9.80. The molecule has 3 aromatic rings. The Morgan fingerprint density at radius 2 is 1.79 bits per heavy atom. The molecular weight excluding hydrogens is 376 g/mol. The number of para-hydroxylation sites is 1. The normalized spacial score (nSPS) is 11.6. The van der Waals surface area contributed by atoms with Gasteiger partial charge >= 0.3 is 5.97 Å². The lowest BCUT2D eigenvalue weighted by Gasteiger charge is -2.15. The highest BCUT2D eigenvalue weighted by molar-refractivity contribution is 7.10. The summed E-state index contributed by atoms with van der Waals surface area (Å²) in [6, 6.07) is 18.6. The van der Waals surface area contributed by atoms with E-state index in [1.54, 1.807) is 7.11 Å². The molecule has 2 aromatic carbocycles. The number of methoxy groups -OCH3 is 1. The molecule has 0 radical (unpaired) electrons. The van der Waals surface area contributed by atoms with E-state index in [-0.39, 0.29) is 0 Å². The van der Waals surface area contributed by atoms with Gasteiger partial charge in [-0.2, -0.15) is 0 Å². The number of rotatable bonds is 10. The maximum absolute atomic E-state index is 11.7. The van der Waals surface area contributed by atoms with Crippen molar-refractivity contribution in [3.8, 4) is 17.2 Å². The van der Waals surface area contributed by atoms with Gasteiger partial charge in [-0.3, -0.25) is 4.79 Å². The molecule has 0 aliphatic rings. The number of hydrogen-bond acceptors (Lipinski definition) is 5. The van der Waals surface area contributed by atoms with E-state index in [1.807, 2.05) is 66.0 Å². The molecule has 146 valence electrons. The van der Waals surface area contributed by atoms with Crippen LogP contribution in [0.5, 0.6) is 17.2 Å². The third-order valence-corrected chi connectivity index (χ3v) is 5.22. The summed E-state index contributed by atoms with van der Waals surface area (Å²) in [5.74, 6) is 0.702. The van der Waals surface area contributed by atoms with Crippen LogP contribution in [0.25, 0.3) is 0 Å². The highest BCUT2D eigenvalue weighted by Gasteiger charge is 2.22. The van der Waals surface area contributed by atoms with Gasteiger partial charge in [-0.05, 0) is 41.6 Å². The summed E-state index contributed by atoms with van der Waals surface area (Å²) in [6.45, 7) is 0.722. The molecule has 5 nitrogen and oxygen atoms in total. The second-order valence-corrected chi connectivity index (χ2v) is 7.07. The topological polar surface area (TPSA) is 65.0 Å². The molecule has 3 rings (SSSR count). The molecule has 1 N–H and O–H groups in total. The fourth-order valence-corrected chi connectivity index (χ4v) is 3.65. The van der Waals surface area contributed by atoms with Crippen LogP contribution in [0, 0.1) is 0 Å². The van der Waals surface area contributed by atoms with Crippen LogP contribution in [0.2, 0.25) is 0 Å². The van der Waals surface area contributed by atoms with Crippen molar-refractivity contribution in [1.29, 1.82) is 0 Å². The number of hydrogen-bond donors (Lipinski definition) is 1. The first-order valence-electron chi connectivity index (χ1n) is 8.91. The summed E-state index contributed by atoms with van der Waals surface area (Å²) in [6.07, 6.45) is 0.378. The van der Waals surface area contributed by atoms with Crippen LogP contribution < -0.4 is 14.2 Å². The van der Waals surface area contributed by atoms with Gasteiger partial charge in [0.2, 0.25) is 0 Å². The summed E-state index contributed by atoms with van der Waals surface area (Å²) in [5.41, 5.74) is 0.865. The fraction of sp³-hybridized carbons (Fsp3) is 0.227. The molecule has 0 bridgehead atoms. The Morgan fingerprint density at radius 3 is 2.54 bits per heavy atom. The average Bonchev–Trinajstić information content (AvgIpc) is 3.24. The van der Waals surface area contributed by atoms with Crippen LogP contribution in [0.3, 0.4) is 0 Å². The predicted octanol–water partition coefficient (Wildman–Crippen LogP) is 4.63. The number of carbonyl (C=O) groups is 1. The molecular formula is C22H22O5S. The Morgan fingerprint density at radius 1 is 1.00 bits per heavy atom. The van der Waals surface area contributed by atoms with Crippen molar-refractivity contribution in [3.05, 3.63) is 76.5 Å². The molecule has 1 aromatic heterocycles. The molecule has 0 saturated carbocycles. The first-order valence-corrected chi connectivity index (χ1v) is 9.79.